The summed E-state index contributed by atoms with van der Waals surface area (Å²) in [4.78, 5) is 19.3. The number of methoxy groups -OCH3 is 1. The number of carbonyl (C=O) groups excluding carboxylic acids is 1. The standard InChI is InChI=1S/C21H24N6O2/c1-14-17(15-7-5-4-6-8-15)9-10-19(23-14)24-21(28)27-12-16(29-3)11-18(27)20-25-22-13-26(20)2/h4-10,13,16,18H,11-12H2,1-3H3,(H,23,24,28)/t16-,18+/m1/s1. The molecule has 0 radical (unpaired) electrons. The first-order valence-corrected chi connectivity index (χ1v) is 9.54. The summed E-state index contributed by atoms with van der Waals surface area (Å²) in [6, 6.07) is 13.5. The molecule has 2 amide bonds. The van der Waals surface area contributed by atoms with Crippen LogP contribution in [-0.2, 0) is 11.8 Å². The number of aryl methyl sites for hydroxylation is 2. The van der Waals surface area contributed by atoms with Gasteiger partial charge in [-0.2, -0.15) is 0 Å². The molecule has 1 aliphatic heterocycles. The normalized spacial score (nSPS) is 18.8. The Morgan fingerprint density at radius 3 is 2.66 bits per heavy atom. The second-order valence-corrected chi connectivity index (χ2v) is 7.19. The number of hydrogen-bond acceptors (Lipinski definition) is 5. The number of carbonyl (C=O) groups is 1. The van der Waals surface area contributed by atoms with E-state index < -0.39 is 0 Å². The molecule has 8 nitrogen and oxygen atoms in total. The Kier molecular flexibility index (Phi) is 5.26. The Labute approximate surface area is 169 Å². The maximum absolute atomic E-state index is 13.0. The van der Waals surface area contributed by atoms with Crippen molar-refractivity contribution in [2.24, 2.45) is 7.05 Å². The van der Waals surface area contributed by atoms with E-state index >= 15 is 0 Å². The highest BCUT2D eigenvalue weighted by molar-refractivity contribution is 5.89. The zero-order valence-corrected chi connectivity index (χ0v) is 16.7. The quantitative estimate of drug-likeness (QED) is 0.737. The fourth-order valence-electron chi connectivity index (χ4n) is 3.77. The minimum absolute atomic E-state index is 0.0439. The summed E-state index contributed by atoms with van der Waals surface area (Å²) in [7, 11) is 3.53. The Hall–Kier alpha value is -3.26. The molecular weight excluding hydrogens is 368 g/mol. The van der Waals surface area contributed by atoms with Crippen LogP contribution in [0.3, 0.4) is 0 Å². The Bertz CT molecular complexity index is 1000. The highest BCUT2D eigenvalue weighted by Crippen LogP contribution is 2.32. The number of amides is 2. The fourth-order valence-corrected chi connectivity index (χ4v) is 3.77. The molecule has 0 unspecified atom stereocenters. The van der Waals surface area contributed by atoms with Gasteiger partial charge >= 0.3 is 6.03 Å². The van der Waals surface area contributed by atoms with Gasteiger partial charge in [-0.3, -0.25) is 5.32 Å². The number of pyridine rings is 1. The summed E-state index contributed by atoms with van der Waals surface area (Å²) < 4.78 is 7.33. The number of urea groups is 1. The molecule has 1 saturated heterocycles. The van der Waals surface area contributed by atoms with E-state index in [1.54, 1.807) is 18.3 Å². The lowest BCUT2D eigenvalue weighted by Gasteiger charge is -2.23. The molecule has 2 atom stereocenters. The van der Waals surface area contributed by atoms with Crippen LogP contribution in [0.15, 0.2) is 48.8 Å². The van der Waals surface area contributed by atoms with Gasteiger partial charge in [-0.05, 0) is 24.6 Å². The van der Waals surface area contributed by atoms with Gasteiger partial charge in [0.25, 0.3) is 0 Å². The average molecular weight is 392 g/mol. The van der Waals surface area contributed by atoms with E-state index in [2.05, 4.69) is 20.5 Å². The summed E-state index contributed by atoms with van der Waals surface area (Å²) >= 11 is 0. The minimum atomic E-state index is -0.225. The third kappa shape index (κ3) is 3.84. The number of rotatable bonds is 4. The lowest BCUT2D eigenvalue weighted by Crippen LogP contribution is -2.36. The SMILES string of the molecule is CO[C@@H]1C[C@@H](c2nncn2C)N(C(=O)Nc2ccc(-c3ccccc3)c(C)n2)C1. The van der Waals surface area contributed by atoms with E-state index in [0.29, 0.717) is 18.8 Å². The van der Waals surface area contributed by atoms with Gasteiger partial charge < -0.3 is 14.2 Å². The van der Waals surface area contributed by atoms with Gasteiger partial charge in [-0.15, -0.1) is 10.2 Å². The van der Waals surface area contributed by atoms with Crippen molar-refractivity contribution in [3.8, 4) is 11.1 Å². The number of aromatic nitrogens is 4. The number of ether oxygens (including phenoxy) is 1. The molecule has 1 N–H and O–H groups in total. The molecular formula is C21H24N6O2. The molecule has 1 aliphatic rings. The van der Waals surface area contributed by atoms with Crippen molar-refractivity contribution in [2.45, 2.75) is 25.5 Å². The molecule has 1 fully saturated rings. The van der Waals surface area contributed by atoms with Crippen LogP contribution < -0.4 is 5.32 Å². The second kappa shape index (κ2) is 8.00. The largest absolute Gasteiger partial charge is 0.380 e. The molecule has 0 spiro atoms. The Morgan fingerprint density at radius 2 is 2.00 bits per heavy atom. The fraction of sp³-hybridized carbons (Fsp3) is 0.333. The highest BCUT2D eigenvalue weighted by Gasteiger charge is 2.39. The molecule has 0 aliphatic carbocycles. The predicted octanol–water partition coefficient (Wildman–Crippen LogP) is 3.18. The first-order chi connectivity index (χ1) is 14.1. The zero-order chi connectivity index (χ0) is 20.4. The van der Waals surface area contributed by atoms with Gasteiger partial charge in [0.05, 0.1) is 12.1 Å². The third-order valence-electron chi connectivity index (χ3n) is 5.31. The predicted molar refractivity (Wildman–Crippen MR) is 109 cm³/mol. The lowest BCUT2D eigenvalue weighted by molar-refractivity contribution is 0.111. The van der Waals surface area contributed by atoms with Gasteiger partial charge in [0, 0.05) is 38.4 Å². The van der Waals surface area contributed by atoms with Crippen LogP contribution in [0.25, 0.3) is 11.1 Å². The maximum Gasteiger partial charge on any atom is 0.323 e. The second-order valence-electron chi connectivity index (χ2n) is 7.19. The van der Waals surface area contributed by atoms with Crippen molar-refractivity contribution in [1.29, 1.82) is 0 Å². The van der Waals surface area contributed by atoms with E-state index in [9.17, 15) is 4.79 Å². The summed E-state index contributed by atoms with van der Waals surface area (Å²) in [6.45, 7) is 2.43. The van der Waals surface area contributed by atoms with Crippen LogP contribution in [0.1, 0.15) is 24.0 Å². The molecule has 0 saturated carbocycles. The van der Waals surface area contributed by atoms with Crippen molar-refractivity contribution in [3.63, 3.8) is 0 Å². The minimum Gasteiger partial charge on any atom is -0.380 e. The van der Waals surface area contributed by atoms with Crippen molar-refractivity contribution in [2.75, 3.05) is 19.0 Å². The molecule has 3 heterocycles. The van der Waals surface area contributed by atoms with Crippen molar-refractivity contribution >= 4 is 11.8 Å². The van der Waals surface area contributed by atoms with Gasteiger partial charge in [-0.25, -0.2) is 9.78 Å². The molecule has 150 valence electrons. The van der Waals surface area contributed by atoms with E-state index in [4.69, 9.17) is 4.74 Å². The van der Waals surface area contributed by atoms with Crippen LogP contribution in [0.4, 0.5) is 10.6 Å². The molecule has 1 aromatic carbocycles. The monoisotopic (exact) mass is 392 g/mol. The first kappa shape index (κ1) is 19.1. The summed E-state index contributed by atoms with van der Waals surface area (Å²) in [5.74, 6) is 1.26. The van der Waals surface area contributed by atoms with Crippen LogP contribution in [-0.4, -0.2) is 50.4 Å². The smallest absolute Gasteiger partial charge is 0.323 e. The van der Waals surface area contributed by atoms with E-state index in [-0.39, 0.29) is 18.2 Å². The number of anilines is 1. The topological polar surface area (TPSA) is 85.2 Å². The highest BCUT2D eigenvalue weighted by atomic mass is 16.5. The van der Waals surface area contributed by atoms with Gasteiger partial charge in [0.15, 0.2) is 5.82 Å². The molecule has 8 heteroatoms. The van der Waals surface area contributed by atoms with Gasteiger partial charge in [0.1, 0.15) is 12.1 Å². The summed E-state index contributed by atoms with van der Waals surface area (Å²) in [5.41, 5.74) is 3.00. The Morgan fingerprint density at radius 1 is 1.21 bits per heavy atom. The van der Waals surface area contributed by atoms with Crippen molar-refractivity contribution < 1.29 is 9.53 Å². The molecule has 2 aromatic heterocycles. The number of nitrogens with one attached hydrogen (secondary N) is 1. The Balaban J connectivity index is 1.53. The van der Waals surface area contributed by atoms with Crippen LogP contribution in [0.2, 0.25) is 0 Å². The van der Waals surface area contributed by atoms with Crippen LogP contribution >= 0.6 is 0 Å². The van der Waals surface area contributed by atoms with E-state index in [1.165, 1.54) is 0 Å². The molecule has 0 bridgehead atoms. The third-order valence-corrected chi connectivity index (χ3v) is 5.31. The molecule has 3 aromatic rings. The van der Waals surface area contributed by atoms with Crippen molar-refractivity contribution in [3.05, 3.63) is 60.3 Å². The molecule has 4 rings (SSSR count). The van der Waals surface area contributed by atoms with Crippen LogP contribution in [0, 0.1) is 6.92 Å². The summed E-state index contributed by atoms with van der Waals surface area (Å²) in [5, 5.41) is 11.1. The zero-order valence-electron chi connectivity index (χ0n) is 16.7. The van der Waals surface area contributed by atoms with E-state index in [1.807, 2.05) is 61.0 Å². The number of likely N-dealkylation sites (tertiary alicyclic amines) is 1. The molecule has 29 heavy (non-hydrogen) atoms. The number of hydrogen-bond donors (Lipinski definition) is 1. The number of nitrogens with zero attached hydrogens (tertiary/aromatic N) is 5. The summed E-state index contributed by atoms with van der Waals surface area (Å²) in [6.07, 6.45) is 2.27. The van der Waals surface area contributed by atoms with Gasteiger partial charge in [-0.1, -0.05) is 30.3 Å². The average Bonchev–Trinajstić information content (AvgIpc) is 3.34. The van der Waals surface area contributed by atoms with Crippen LogP contribution in [0.5, 0.6) is 0 Å². The lowest BCUT2D eigenvalue weighted by atomic mass is 10.0. The number of benzene rings is 1. The van der Waals surface area contributed by atoms with Gasteiger partial charge in [0.2, 0.25) is 0 Å². The van der Waals surface area contributed by atoms with Crippen molar-refractivity contribution in [1.82, 2.24) is 24.6 Å². The maximum atomic E-state index is 13.0. The first-order valence-electron chi connectivity index (χ1n) is 9.54. The van der Waals surface area contributed by atoms with E-state index in [0.717, 1.165) is 22.6 Å².